The fourth-order valence-corrected chi connectivity index (χ4v) is 8.23. The van der Waals surface area contributed by atoms with Gasteiger partial charge in [-0.3, -0.25) is 14.5 Å². The summed E-state index contributed by atoms with van der Waals surface area (Å²) in [6.45, 7) is 1.89. The molecule has 1 unspecified atom stereocenters. The van der Waals surface area contributed by atoms with Crippen molar-refractivity contribution in [2.24, 2.45) is 0 Å². The lowest BCUT2D eigenvalue weighted by molar-refractivity contribution is -0.138. The van der Waals surface area contributed by atoms with Crippen LogP contribution in [-0.4, -0.2) is 101 Å². The number of methoxy groups -OCH3 is 3. The Bertz CT molecular complexity index is 2010. The number of nitrogens with zero attached hydrogens (tertiary/aromatic N) is 3. The average molecular weight is 754 g/mol. The predicted octanol–water partition coefficient (Wildman–Crippen LogP) is 4.08. The van der Waals surface area contributed by atoms with E-state index in [2.05, 4.69) is 0 Å². The second-order valence-corrected chi connectivity index (χ2v) is 14.0. The first-order valence-corrected chi connectivity index (χ1v) is 17.6. The molecule has 4 aromatic rings. The van der Waals surface area contributed by atoms with Crippen LogP contribution in [0.3, 0.4) is 0 Å². The number of carbonyl (C=O) groups is 3. The summed E-state index contributed by atoms with van der Waals surface area (Å²) in [5.41, 5.74) is -1.39. The number of amides is 2. The highest BCUT2D eigenvalue weighted by Crippen LogP contribution is 2.55. The molecule has 13 nitrogen and oxygen atoms in total. The highest BCUT2D eigenvalue weighted by molar-refractivity contribution is 7.93. The molecule has 2 amide bonds. The number of para-hydroxylation sites is 2. The number of likely N-dealkylation sites (N-methyl/N-ethyl adjacent to an activating group) is 1. The summed E-state index contributed by atoms with van der Waals surface area (Å²) in [5, 5.41) is 19.8. The summed E-state index contributed by atoms with van der Waals surface area (Å²) in [4.78, 5) is 39.4. The smallest absolute Gasteiger partial charge is 0.274 e. The summed E-state index contributed by atoms with van der Waals surface area (Å²) < 4.78 is 46.1. The Hall–Kier alpha value is -5.15. The van der Waals surface area contributed by atoms with Crippen LogP contribution in [0.4, 0.5) is 5.69 Å². The molecule has 6 rings (SSSR count). The molecular weight excluding hydrogens is 714 g/mol. The zero-order chi connectivity index (χ0) is 38.4. The van der Waals surface area contributed by atoms with Gasteiger partial charge in [-0.25, -0.2) is 12.7 Å². The van der Waals surface area contributed by atoms with E-state index < -0.39 is 33.6 Å². The van der Waals surface area contributed by atoms with E-state index in [1.54, 1.807) is 67.5 Å². The molecule has 0 bridgehead atoms. The SMILES string of the molecule is C=O.COc1ccc(S(=O)(=O)N2C(=O)[C@@](c3ccccc3OC)(N3C[C@H](O)CC3C(=O)N(C)C)c3cc(Cl)ccc32)c(OC)c1.Oc1ccccc1. The van der Waals surface area contributed by atoms with Crippen LogP contribution in [0.1, 0.15) is 17.5 Å². The largest absolute Gasteiger partial charge is 0.508 e. The normalized spacial score (nSPS) is 19.4. The van der Waals surface area contributed by atoms with E-state index in [-0.39, 0.29) is 57.1 Å². The van der Waals surface area contributed by atoms with Crippen molar-refractivity contribution in [1.82, 2.24) is 9.80 Å². The van der Waals surface area contributed by atoms with Gasteiger partial charge in [0.05, 0.1) is 39.2 Å². The third-order valence-electron chi connectivity index (χ3n) is 8.64. The first-order chi connectivity index (χ1) is 24.8. The van der Waals surface area contributed by atoms with E-state index in [1.165, 1.54) is 62.6 Å². The number of hydrogen-bond acceptors (Lipinski definition) is 11. The standard InChI is InChI=1S/C30H32ClN3O8S.C6H6O.CH2O/c1-32(2)28(36)24-15-19(35)17-33(24)30(21-8-6-7-9-25(21)41-4)22-14-18(31)10-12-23(22)34(29(30)37)43(38,39)27-13-11-20(40-3)16-26(27)42-5;7-6-4-2-1-3-5-6;1-2/h6-14,16,19,24,35H,15,17H2,1-5H3;1-5,7H;1H2/t19-,24?,30+;;/m1../s1. The number of phenols is 1. The highest BCUT2D eigenvalue weighted by atomic mass is 35.5. The van der Waals surface area contributed by atoms with Crippen LogP contribution in [-0.2, 0) is 29.9 Å². The van der Waals surface area contributed by atoms with E-state index >= 15 is 4.79 Å². The van der Waals surface area contributed by atoms with Crippen molar-refractivity contribution < 1.29 is 47.2 Å². The van der Waals surface area contributed by atoms with E-state index in [4.69, 9.17) is 35.7 Å². The van der Waals surface area contributed by atoms with Crippen molar-refractivity contribution in [2.45, 2.75) is 29.0 Å². The number of phenolic OH excluding ortho intramolecular Hbond substituents is 1. The summed E-state index contributed by atoms with van der Waals surface area (Å²) in [6.07, 6.45) is -0.959. The molecule has 52 heavy (non-hydrogen) atoms. The highest BCUT2D eigenvalue weighted by Gasteiger charge is 2.64. The van der Waals surface area contributed by atoms with Crippen molar-refractivity contribution in [3.8, 4) is 23.0 Å². The lowest BCUT2D eigenvalue weighted by Gasteiger charge is -2.42. The summed E-state index contributed by atoms with van der Waals surface area (Å²) >= 11 is 6.52. The van der Waals surface area contributed by atoms with Gasteiger partial charge in [0, 0.05) is 42.9 Å². The molecule has 4 aromatic carbocycles. The number of sulfonamides is 1. The molecule has 1 saturated heterocycles. The number of carbonyl (C=O) groups excluding carboxylic acids is 3. The fourth-order valence-electron chi connectivity index (χ4n) is 6.45. The maximum atomic E-state index is 15.2. The van der Waals surface area contributed by atoms with Gasteiger partial charge >= 0.3 is 0 Å². The topological polar surface area (TPSA) is 163 Å². The second kappa shape index (κ2) is 16.5. The molecule has 276 valence electrons. The van der Waals surface area contributed by atoms with Gasteiger partial charge in [-0.05, 0) is 55.0 Å². The van der Waals surface area contributed by atoms with E-state index in [0.717, 1.165) is 4.31 Å². The van der Waals surface area contributed by atoms with Crippen LogP contribution in [0.2, 0.25) is 5.02 Å². The number of halogens is 1. The molecule has 0 aromatic heterocycles. The van der Waals surface area contributed by atoms with Gasteiger partial charge in [0.25, 0.3) is 15.9 Å². The fraction of sp³-hybridized carbons (Fsp3) is 0.270. The number of likely N-dealkylation sites (tertiary alicyclic amines) is 1. The Balaban J connectivity index is 0.000000594. The molecule has 0 saturated carbocycles. The number of rotatable bonds is 8. The molecule has 15 heteroatoms. The van der Waals surface area contributed by atoms with Gasteiger partial charge in [0.1, 0.15) is 34.7 Å². The van der Waals surface area contributed by atoms with E-state index in [9.17, 15) is 18.3 Å². The number of ether oxygens (including phenoxy) is 3. The Morgan fingerprint density at radius 2 is 1.52 bits per heavy atom. The number of fused-ring (bicyclic) bond motifs is 1. The molecule has 0 spiro atoms. The van der Waals surface area contributed by atoms with Gasteiger partial charge in [-0.1, -0.05) is 48.0 Å². The van der Waals surface area contributed by atoms with Gasteiger partial charge < -0.3 is 34.1 Å². The van der Waals surface area contributed by atoms with Crippen molar-refractivity contribution in [3.05, 3.63) is 107 Å². The van der Waals surface area contributed by atoms with Gasteiger partial charge in [0.2, 0.25) is 5.91 Å². The Morgan fingerprint density at radius 3 is 2.10 bits per heavy atom. The van der Waals surface area contributed by atoms with Crippen LogP contribution >= 0.6 is 11.6 Å². The zero-order valence-electron chi connectivity index (χ0n) is 29.2. The number of aliphatic hydroxyl groups is 1. The Morgan fingerprint density at radius 1 is 0.885 bits per heavy atom. The van der Waals surface area contributed by atoms with Gasteiger partial charge in [-0.2, -0.15) is 0 Å². The average Bonchev–Trinajstić information content (AvgIpc) is 3.66. The molecular formula is C37H40ClN3O10S. The molecule has 2 N–H and O–H groups in total. The van der Waals surface area contributed by atoms with Crippen LogP contribution in [0.25, 0.3) is 0 Å². The number of aromatic hydroxyl groups is 1. The molecule has 1 fully saturated rings. The summed E-state index contributed by atoms with van der Waals surface area (Å²) in [5.74, 6) is -0.328. The minimum absolute atomic E-state index is 0.0240. The predicted molar refractivity (Wildman–Crippen MR) is 194 cm³/mol. The molecule has 2 aliphatic rings. The number of anilines is 1. The number of β-amino-alcohol motifs (C(OH)–C–C–N with tert-alkyl or cyclic N) is 1. The van der Waals surface area contributed by atoms with Crippen molar-refractivity contribution in [3.63, 3.8) is 0 Å². The monoisotopic (exact) mass is 753 g/mol. The van der Waals surface area contributed by atoms with E-state index in [0.29, 0.717) is 11.5 Å². The molecule has 0 radical (unpaired) electrons. The van der Waals surface area contributed by atoms with Gasteiger partial charge in [0.15, 0.2) is 5.54 Å². The van der Waals surface area contributed by atoms with Crippen molar-refractivity contribution in [1.29, 1.82) is 0 Å². The van der Waals surface area contributed by atoms with Crippen molar-refractivity contribution in [2.75, 3.05) is 46.3 Å². The number of aliphatic hydroxyl groups excluding tert-OH is 1. The zero-order valence-corrected chi connectivity index (χ0v) is 30.8. The third-order valence-corrected chi connectivity index (χ3v) is 10.6. The summed E-state index contributed by atoms with van der Waals surface area (Å²) in [6, 6.07) is 23.1. The Kier molecular flexibility index (Phi) is 12.5. The summed E-state index contributed by atoms with van der Waals surface area (Å²) in [7, 11) is 2.70. The van der Waals surface area contributed by atoms with E-state index in [1.807, 2.05) is 12.9 Å². The maximum Gasteiger partial charge on any atom is 0.274 e. The molecule has 3 atom stereocenters. The molecule has 2 aliphatic heterocycles. The van der Waals surface area contributed by atoms with Crippen LogP contribution in [0.5, 0.6) is 23.0 Å². The van der Waals surface area contributed by atoms with Gasteiger partial charge in [-0.15, -0.1) is 0 Å². The quantitative estimate of drug-likeness (QED) is 0.267. The first-order valence-electron chi connectivity index (χ1n) is 15.8. The molecule has 2 heterocycles. The first kappa shape index (κ1) is 39.6. The van der Waals surface area contributed by atoms with Crippen LogP contribution in [0, 0.1) is 0 Å². The van der Waals surface area contributed by atoms with Crippen LogP contribution in [0.15, 0.2) is 95.9 Å². The number of benzene rings is 4. The maximum absolute atomic E-state index is 15.2. The van der Waals surface area contributed by atoms with Crippen molar-refractivity contribution >= 4 is 45.9 Å². The minimum Gasteiger partial charge on any atom is -0.508 e. The number of hydrogen-bond donors (Lipinski definition) is 2. The Labute approximate surface area is 307 Å². The lowest BCUT2D eigenvalue weighted by atomic mass is 9.80. The second-order valence-electron chi connectivity index (χ2n) is 11.8. The molecule has 0 aliphatic carbocycles. The third kappa shape index (κ3) is 7.15. The minimum atomic E-state index is -4.64. The lowest BCUT2D eigenvalue weighted by Crippen LogP contribution is -2.59. The van der Waals surface area contributed by atoms with Crippen LogP contribution < -0.4 is 18.5 Å².